The van der Waals surface area contributed by atoms with Crippen molar-refractivity contribution in [2.75, 3.05) is 38.7 Å². The number of amides is 1. The highest BCUT2D eigenvalue weighted by Crippen LogP contribution is 2.19. The van der Waals surface area contributed by atoms with Crippen molar-refractivity contribution >= 4 is 11.6 Å². The number of benzene rings is 2. The molecule has 1 fully saturated rings. The van der Waals surface area contributed by atoms with Crippen molar-refractivity contribution in [1.82, 2.24) is 19.9 Å². The predicted molar refractivity (Wildman–Crippen MR) is 113 cm³/mol. The van der Waals surface area contributed by atoms with Crippen molar-refractivity contribution in [2.24, 2.45) is 0 Å². The molecular formula is C22H25N5O3. The molecule has 2 heterocycles. The zero-order chi connectivity index (χ0) is 20.9. The molecule has 156 valence electrons. The molecule has 0 spiro atoms. The molecule has 30 heavy (non-hydrogen) atoms. The largest absolute Gasteiger partial charge is 0.497 e. The molecular weight excluding hydrogens is 382 g/mol. The number of rotatable bonds is 6. The first-order valence-corrected chi connectivity index (χ1v) is 9.91. The van der Waals surface area contributed by atoms with Crippen molar-refractivity contribution < 1.29 is 14.3 Å². The fourth-order valence-corrected chi connectivity index (χ4v) is 3.48. The van der Waals surface area contributed by atoms with Crippen LogP contribution < -0.4 is 10.1 Å². The Bertz CT molecular complexity index is 1030. The average molecular weight is 407 g/mol. The fraction of sp³-hybridized carbons (Fsp3) is 0.318. The Kier molecular flexibility index (Phi) is 6.06. The molecule has 4 rings (SSSR count). The van der Waals surface area contributed by atoms with Gasteiger partial charge in [0.2, 0.25) is 0 Å². The molecule has 0 unspecified atom stereocenters. The number of nitrogens with one attached hydrogen (secondary N) is 1. The Morgan fingerprint density at radius 2 is 1.97 bits per heavy atom. The molecule has 0 atom stereocenters. The number of nitrogens with zero attached hydrogens (tertiary/aromatic N) is 4. The first-order chi connectivity index (χ1) is 14.6. The molecule has 2 aromatic carbocycles. The van der Waals surface area contributed by atoms with E-state index in [9.17, 15) is 4.79 Å². The molecule has 0 bridgehead atoms. The van der Waals surface area contributed by atoms with Gasteiger partial charge in [-0.05, 0) is 36.8 Å². The smallest absolute Gasteiger partial charge is 0.278 e. The maximum atomic E-state index is 12.8. The predicted octanol–water partition coefficient (Wildman–Crippen LogP) is 2.67. The van der Waals surface area contributed by atoms with E-state index in [0.717, 1.165) is 49.8 Å². The normalized spacial score (nSPS) is 14.5. The average Bonchev–Trinajstić information content (AvgIpc) is 3.16. The lowest BCUT2D eigenvalue weighted by atomic mass is 10.1. The van der Waals surface area contributed by atoms with Gasteiger partial charge in [0.05, 0.1) is 31.7 Å². The van der Waals surface area contributed by atoms with E-state index in [1.165, 1.54) is 0 Å². The molecule has 1 N–H and O–H groups in total. The van der Waals surface area contributed by atoms with Crippen LogP contribution in [-0.2, 0) is 11.3 Å². The van der Waals surface area contributed by atoms with E-state index >= 15 is 0 Å². The van der Waals surface area contributed by atoms with Crippen LogP contribution in [0.5, 0.6) is 5.75 Å². The third-order valence-corrected chi connectivity index (χ3v) is 5.10. The molecule has 3 aromatic rings. The van der Waals surface area contributed by atoms with Gasteiger partial charge in [-0.1, -0.05) is 23.4 Å². The summed E-state index contributed by atoms with van der Waals surface area (Å²) in [6.07, 6.45) is 0. The molecule has 8 nitrogen and oxygen atoms in total. The second-order valence-corrected chi connectivity index (χ2v) is 7.18. The van der Waals surface area contributed by atoms with Crippen LogP contribution in [0.15, 0.2) is 48.5 Å². The second kappa shape index (κ2) is 9.06. The molecule has 1 aliphatic rings. The first kappa shape index (κ1) is 20.1. The highest BCUT2D eigenvalue weighted by atomic mass is 16.5. The summed E-state index contributed by atoms with van der Waals surface area (Å²) in [5, 5.41) is 11.2. The lowest BCUT2D eigenvalue weighted by Gasteiger charge is -2.26. The number of carbonyl (C=O) groups excluding carboxylic acids is 1. The molecule has 1 aromatic heterocycles. The molecule has 0 radical (unpaired) electrons. The van der Waals surface area contributed by atoms with Gasteiger partial charge >= 0.3 is 0 Å². The molecule has 0 saturated carbocycles. The maximum absolute atomic E-state index is 12.8. The minimum atomic E-state index is -0.287. The summed E-state index contributed by atoms with van der Waals surface area (Å²) in [6, 6.07) is 15.3. The van der Waals surface area contributed by atoms with Gasteiger partial charge in [-0.25, -0.2) is 4.68 Å². The summed E-state index contributed by atoms with van der Waals surface area (Å²) in [5.41, 5.74) is 3.61. The lowest BCUT2D eigenvalue weighted by molar-refractivity contribution is 0.0342. The molecule has 1 aliphatic heterocycles. The zero-order valence-electron chi connectivity index (χ0n) is 17.2. The SMILES string of the molecule is COc1cccc(-n2nnc(C(=O)Nc3cccc(CN4CCOCC4)c3)c2C)c1. The molecule has 0 aliphatic carbocycles. The molecule has 1 amide bonds. The van der Waals surface area contributed by atoms with Crippen molar-refractivity contribution in [3.8, 4) is 11.4 Å². The monoisotopic (exact) mass is 407 g/mol. The lowest BCUT2D eigenvalue weighted by Crippen LogP contribution is -2.35. The Balaban J connectivity index is 1.48. The third-order valence-electron chi connectivity index (χ3n) is 5.10. The highest BCUT2D eigenvalue weighted by molar-refractivity contribution is 6.03. The Morgan fingerprint density at radius 1 is 1.17 bits per heavy atom. The van der Waals surface area contributed by atoms with E-state index < -0.39 is 0 Å². The van der Waals surface area contributed by atoms with Gasteiger partial charge in [0, 0.05) is 31.4 Å². The van der Waals surface area contributed by atoms with E-state index in [2.05, 4.69) is 26.6 Å². The van der Waals surface area contributed by atoms with E-state index in [4.69, 9.17) is 9.47 Å². The van der Waals surface area contributed by atoms with Gasteiger partial charge in [0.1, 0.15) is 5.75 Å². The van der Waals surface area contributed by atoms with E-state index in [0.29, 0.717) is 11.4 Å². The van der Waals surface area contributed by atoms with Crippen LogP contribution in [0.25, 0.3) is 5.69 Å². The summed E-state index contributed by atoms with van der Waals surface area (Å²) in [6.45, 7) is 6.02. The Labute approximate surface area is 175 Å². The standard InChI is InChI=1S/C22H25N5O3/c1-16-21(24-25-27(16)19-7-4-8-20(14-19)29-2)22(28)23-18-6-3-5-17(13-18)15-26-9-11-30-12-10-26/h3-8,13-14H,9-12,15H2,1-2H3,(H,23,28). The van der Waals surface area contributed by atoms with Crippen LogP contribution in [-0.4, -0.2) is 59.2 Å². The summed E-state index contributed by atoms with van der Waals surface area (Å²) in [5.74, 6) is 0.427. The molecule has 8 heteroatoms. The number of hydrogen-bond donors (Lipinski definition) is 1. The number of hydrogen-bond acceptors (Lipinski definition) is 6. The van der Waals surface area contributed by atoms with Gasteiger partial charge in [-0.3, -0.25) is 9.69 Å². The van der Waals surface area contributed by atoms with Gasteiger partial charge in [-0.2, -0.15) is 0 Å². The van der Waals surface area contributed by atoms with Crippen LogP contribution in [0.3, 0.4) is 0 Å². The van der Waals surface area contributed by atoms with E-state index in [-0.39, 0.29) is 11.6 Å². The van der Waals surface area contributed by atoms with Crippen LogP contribution in [0.4, 0.5) is 5.69 Å². The number of anilines is 1. The number of ether oxygens (including phenoxy) is 2. The summed E-state index contributed by atoms with van der Waals surface area (Å²) < 4.78 is 12.3. The Morgan fingerprint density at radius 3 is 2.77 bits per heavy atom. The quantitative estimate of drug-likeness (QED) is 0.677. The summed E-state index contributed by atoms with van der Waals surface area (Å²) in [4.78, 5) is 15.2. The number of aromatic nitrogens is 3. The summed E-state index contributed by atoms with van der Waals surface area (Å²) in [7, 11) is 1.61. The maximum Gasteiger partial charge on any atom is 0.278 e. The van der Waals surface area contributed by atoms with E-state index in [1.54, 1.807) is 11.8 Å². The van der Waals surface area contributed by atoms with Gasteiger partial charge in [-0.15, -0.1) is 5.10 Å². The topological polar surface area (TPSA) is 81.5 Å². The van der Waals surface area contributed by atoms with Crippen LogP contribution in [0, 0.1) is 6.92 Å². The van der Waals surface area contributed by atoms with Crippen LogP contribution in [0.2, 0.25) is 0 Å². The number of carbonyl (C=O) groups is 1. The van der Waals surface area contributed by atoms with E-state index in [1.807, 2.05) is 49.4 Å². The number of methoxy groups -OCH3 is 1. The minimum absolute atomic E-state index is 0.287. The van der Waals surface area contributed by atoms with Crippen molar-refractivity contribution in [3.05, 3.63) is 65.5 Å². The summed E-state index contributed by atoms with van der Waals surface area (Å²) >= 11 is 0. The van der Waals surface area contributed by atoms with Crippen LogP contribution >= 0.6 is 0 Å². The highest BCUT2D eigenvalue weighted by Gasteiger charge is 2.18. The second-order valence-electron chi connectivity index (χ2n) is 7.18. The van der Waals surface area contributed by atoms with Crippen molar-refractivity contribution in [3.63, 3.8) is 0 Å². The van der Waals surface area contributed by atoms with Crippen molar-refractivity contribution in [1.29, 1.82) is 0 Å². The van der Waals surface area contributed by atoms with Gasteiger partial charge < -0.3 is 14.8 Å². The third kappa shape index (κ3) is 4.50. The molecule has 1 saturated heterocycles. The van der Waals surface area contributed by atoms with Crippen molar-refractivity contribution in [2.45, 2.75) is 13.5 Å². The number of morpholine rings is 1. The van der Waals surface area contributed by atoms with Gasteiger partial charge in [0.15, 0.2) is 5.69 Å². The minimum Gasteiger partial charge on any atom is -0.497 e. The fourth-order valence-electron chi connectivity index (χ4n) is 3.48. The first-order valence-electron chi connectivity index (χ1n) is 9.91. The Hall–Kier alpha value is -3.23. The zero-order valence-corrected chi connectivity index (χ0v) is 17.2. The van der Waals surface area contributed by atoms with Gasteiger partial charge in [0.25, 0.3) is 5.91 Å². The van der Waals surface area contributed by atoms with Crippen LogP contribution in [0.1, 0.15) is 21.7 Å².